The van der Waals surface area contributed by atoms with E-state index in [0.717, 1.165) is 33.4 Å². The largest absolute Gasteiger partial charge is 0.0843 e. The Balaban J connectivity index is 1.94. The quantitative estimate of drug-likeness (QED) is 0.236. The molecule has 0 spiro atoms. The van der Waals surface area contributed by atoms with Crippen LogP contribution in [-0.4, -0.2) is 0 Å². The lowest BCUT2D eigenvalue weighted by atomic mass is 9.98. The molecule has 0 amide bonds. The van der Waals surface area contributed by atoms with Gasteiger partial charge in [0.15, 0.2) is 0 Å². The molecule has 164 valence electrons. The third-order valence-electron chi connectivity index (χ3n) is 4.97. The van der Waals surface area contributed by atoms with Crippen molar-refractivity contribution in [2.75, 3.05) is 0 Å². The zero-order valence-electron chi connectivity index (χ0n) is 17.7. The van der Waals surface area contributed by atoms with Crippen LogP contribution in [0.5, 0.6) is 0 Å². The number of rotatable bonds is 4. The molecule has 0 aromatic heterocycles. The summed E-state index contributed by atoms with van der Waals surface area (Å²) in [6, 6.07) is 30.2. The summed E-state index contributed by atoms with van der Waals surface area (Å²) in [6.45, 7) is 0. The van der Waals surface area contributed by atoms with Gasteiger partial charge in [0.1, 0.15) is 0 Å². The fourth-order valence-corrected chi connectivity index (χ4v) is 3.78. The van der Waals surface area contributed by atoms with Crippen LogP contribution in [0.2, 0.25) is 20.1 Å². The molecule has 0 aliphatic carbocycles. The van der Waals surface area contributed by atoms with Crippen molar-refractivity contribution < 1.29 is 0 Å². The minimum atomic E-state index is 0.664. The van der Waals surface area contributed by atoms with Crippen LogP contribution in [-0.2, 0) is 0 Å². The van der Waals surface area contributed by atoms with Crippen molar-refractivity contribution in [1.82, 2.24) is 0 Å². The molecule has 0 saturated heterocycles. The van der Waals surface area contributed by atoms with E-state index < -0.39 is 0 Å². The molecule has 0 saturated carbocycles. The molecule has 0 bridgehead atoms. The van der Waals surface area contributed by atoms with E-state index in [2.05, 4.69) is 22.9 Å². The van der Waals surface area contributed by atoms with E-state index in [0.29, 0.717) is 20.1 Å². The average molecular weight is 518 g/mol. The Morgan fingerprint density at radius 2 is 0.559 bits per heavy atom. The normalized spacial score (nSPS) is 9.88. The van der Waals surface area contributed by atoms with Crippen molar-refractivity contribution in [3.05, 3.63) is 162 Å². The standard InChI is InChI=1S/C30H16Cl4/c31-25-13-5-21(6-14-25)29(22-7-15-26(32)16-8-22)3-1-2-4-30(23-9-17-27(33)18-10-23)24-11-19-28(34)20-12-24/h5-20H. The molecule has 0 atom stereocenters. The molecule has 0 radical (unpaired) electrons. The molecule has 4 aromatic rings. The van der Waals surface area contributed by atoms with Crippen LogP contribution in [0.3, 0.4) is 0 Å². The highest BCUT2D eigenvalue weighted by Crippen LogP contribution is 2.26. The summed E-state index contributed by atoms with van der Waals surface area (Å²) in [4.78, 5) is 0. The van der Waals surface area contributed by atoms with Gasteiger partial charge < -0.3 is 0 Å². The van der Waals surface area contributed by atoms with Crippen LogP contribution < -0.4 is 0 Å². The van der Waals surface area contributed by atoms with Gasteiger partial charge in [-0.3, -0.25) is 0 Å². The van der Waals surface area contributed by atoms with Gasteiger partial charge in [0.25, 0.3) is 0 Å². The zero-order valence-corrected chi connectivity index (χ0v) is 20.8. The van der Waals surface area contributed by atoms with Crippen LogP contribution in [0.15, 0.2) is 120 Å². The van der Waals surface area contributed by atoms with E-state index in [4.69, 9.17) is 46.4 Å². The maximum absolute atomic E-state index is 6.08. The summed E-state index contributed by atoms with van der Waals surface area (Å²) >= 11 is 24.3. The van der Waals surface area contributed by atoms with E-state index >= 15 is 0 Å². The average Bonchev–Trinajstić information content (AvgIpc) is 2.85. The van der Waals surface area contributed by atoms with Crippen LogP contribution in [0.25, 0.3) is 11.1 Å². The van der Waals surface area contributed by atoms with Gasteiger partial charge in [0, 0.05) is 31.2 Å². The molecule has 0 heterocycles. The van der Waals surface area contributed by atoms with Crippen molar-refractivity contribution in [3.63, 3.8) is 0 Å². The maximum Gasteiger partial charge on any atom is 0.0406 e. The number of benzene rings is 4. The summed E-state index contributed by atoms with van der Waals surface area (Å²) in [5.74, 6) is 0. The first-order chi connectivity index (χ1) is 16.5. The van der Waals surface area contributed by atoms with Gasteiger partial charge in [-0.25, -0.2) is 0 Å². The molecule has 4 rings (SSSR count). The van der Waals surface area contributed by atoms with Gasteiger partial charge in [-0.1, -0.05) is 106 Å². The highest BCUT2D eigenvalue weighted by atomic mass is 35.5. The summed E-state index contributed by atoms with van der Waals surface area (Å²) < 4.78 is 0. The molecule has 0 aliphatic heterocycles. The lowest BCUT2D eigenvalue weighted by Gasteiger charge is -2.05. The lowest BCUT2D eigenvalue weighted by Crippen LogP contribution is -1.86. The second kappa shape index (κ2) is 11.4. The summed E-state index contributed by atoms with van der Waals surface area (Å²) in [5, 5.41) is 2.66. The molecule has 34 heavy (non-hydrogen) atoms. The topological polar surface area (TPSA) is 0 Å². The van der Waals surface area contributed by atoms with E-state index in [1.165, 1.54) is 0 Å². The second-order valence-electron chi connectivity index (χ2n) is 7.28. The molecule has 0 unspecified atom stereocenters. The minimum Gasteiger partial charge on any atom is -0.0843 e. The molecular formula is C30H16Cl4. The third-order valence-corrected chi connectivity index (χ3v) is 5.98. The Labute approximate surface area is 219 Å². The summed E-state index contributed by atoms with van der Waals surface area (Å²) in [5.41, 5.74) is 17.9. The molecule has 0 aliphatic rings. The summed E-state index contributed by atoms with van der Waals surface area (Å²) in [7, 11) is 0. The lowest BCUT2D eigenvalue weighted by molar-refractivity contribution is 1.55. The molecule has 0 fully saturated rings. The van der Waals surface area contributed by atoms with E-state index in [1.807, 2.05) is 97.1 Å². The molecule has 4 heteroatoms. The first-order valence-corrected chi connectivity index (χ1v) is 11.8. The first-order valence-electron chi connectivity index (χ1n) is 10.3. The predicted octanol–water partition coefficient (Wildman–Crippen LogP) is 9.93. The van der Waals surface area contributed by atoms with Crippen LogP contribution in [0.4, 0.5) is 0 Å². The van der Waals surface area contributed by atoms with Gasteiger partial charge in [-0.2, -0.15) is 0 Å². The minimum absolute atomic E-state index is 0.664. The smallest absolute Gasteiger partial charge is 0.0406 e. The van der Waals surface area contributed by atoms with E-state index in [9.17, 15) is 0 Å². The highest BCUT2D eigenvalue weighted by molar-refractivity contribution is 6.31. The van der Waals surface area contributed by atoms with E-state index in [-0.39, 0.29) is 0 Å². The van der Waals surface area contributed by atoms with Gasteiger partial charge in [0.2, 0.25) is 0 Å². The fraction of sp³-hybridized carbons (Fsp3) is 0. The zero-order chi connectivity index (χ0) is 23.9. The first kappa shape index (κ1) is 24.0. The molecule has 0 nitrogen and oxygen atoms in total. The Bertz CT molecular complexity index is 1260. The Kier molecular flexibility index (Phi) is 8.03. The fourth-order valence-electron chi connectivity index (χ4n) is 3.28. The van der Waals surface area contributed by atoms with Gasteiger partial charge in [-0.05, 0) is 82.2 Å². The van der Waals surface area contributed by atoms with Gasteiger partial charge in [0.05, 0.1) is 0 Å². The highest BCUT2D eigenvalue weighted by Gasteiger charge is 2.06. The van der Waals surface area contributed by atoms with Crippen molar-refractivity contribution in [2.24, 2.45) is 0 Å². The van der Waals surface area contributed by atoms with Crippen LogP contribution in [0.1, 0.15) is 22.3 Å². The van der Waals surface area contributed by atoms with Gasteiger partial charge in [-0.15, -0.1) is 0 Å². The SMILES string of the molecule is Clc1ccc(C(=C=C=C=C=C(c2ccc(Cl)cc2)c2ccc(Cl)cc2)c2ccc(Cl)cc2)cc1. The predicted molar refractivity (Wildman–Crippen MR) is 145 cm³/mol. The van der Waals surface area contributed by atoms with Crippen molar-refractivity contribution >= 4 is 57.5 Å². The van der Waals surface area contributed by atoms with Gasteiger partial charge >= 0.3 is 0 Å². The number of hydrogen-bond donors (Lipinski definition) is 0. The van der Waals surface area contributed by atoms with E-state index in [1.54, 1.807) is 0 Å². The number of hydrogen-bond acceptors (Lipinski definition) is 0. The van der Waals surface area contributed by atoms with Crippen LogP contribution in [0, 0.1) is 0 Å². The number of halogens is 4. The summed E-state index contributed by atoms with van der Waals surface area (Å²) in [6.07, 6.45) is 0. The Morgan fingerprint density at radius 1 is 0.353 bits per heavy atom. The maximum atomic E-state index is 6.08. The van der Waals surface area contributed by atoms with Crippen molar-refractivity contribution in [3.8, 4) is 0 Å². The Morgan fingerprint density at radius 3 is 0.765 bits per heavy atom. The molecule has 4 aromatic carbocycles. The monoisotopic (exact) mass is 516 g/mol. The Hall–Kier alpha value is -3.10. The van der Waals surface area contributed by atoms with Crippen molar-refractivity contribution in [2.45, 2.75) is 0 Å². The van der Waals surface area contributed by atoms with Crippen LogP contribution >= 0.6 is 46.4 Å². The molecule has 0 N–H and O–H groups in total. The second-order valence-corrected chi connectivity index (χ2v) is 9.02. The molecular weight excluding hydrogens is 502 g/mol. The third kappa shape index (κ3) is 6.27. The van der Waals surface area contributed by atoms with Crippen molar-refractivity contribution in [1.29, 1.82) is 0 Å².